The van der Waals surface area contributed by atoms with Gasteiger partial charge < -0.3 is 0 Å². The minimum Gasteiger partial charge on any atom is -0.232 e. The molecule has 6 aliphatic rings. The largest absolute Gasteiger partial charge is 0.232 e. The van der Waals surface area contributed by atoms with Crippen LogP contribution < -0.4 is 0 Å². The Morgan fingerprint density at radius 2 is 1.57 bits per heavy atom. The molecular formula is C50H40N2S. The molecule has 10 rings (SSSR count). The first-order valence-corrected chi connectivity index (χ1v) is 19.7. The van der Waals surface area contributed by atoms with Crippen LogP contribution in [0.2, 0.25) is 0 Å². The summed E-state index contributed by atoms with van der Waals surface area (Å²) in [5.74, 6) is 1.20. The Labute approximate surface area is 316 Å². The van der Waals surface area contributed by atoms with Crippen molar-refractivity contribution in [3.05, 3.63) is 224 Å². The van der Waals surface area contributed by atoms with E-state index in [4.69, 9.17) is 9.97 Å². The van der Waals surface area contributed by atoms with Gasteiger partial charge in [0.1, 0.15) is 0 Å². The zero-order chi connectivity index (χ0) is 35.4. The standard InChI is InChI=1S/C50H40N2S/c1-33-15-4-2-7-26-46-43(29-27-33)50(44-30-28-34-16-8-9-20-37(31-34)48(44)53-46)41-23-12-10-19-36(41)32-40-38(22-14-24-42(40)50)47-39-21-11-13-25-45(39)51-49(52-47)35-17-5-3-6-18-35/h2-21,23-25,27-30,33,38H,22,26,31-32H2,1H3/b7-2-,15-4-,29-27-. The summed E-state index contributed by atoms with van der Waals surface area (Å²) in [6.07, 6.45) is 36.4. The molecule has 1 aromatic heterocycles. The van der Waals surface area contributed by atoms with Crippen LogP contribution in [0, 0.1) is 5.92 Å². The van der Waals surface area contributed by atoms with Gasteiger partial charge in [-0.1, -0.05) is 182 Å². The van der Waals surface area contributed by atoms with Crippen molar-refractivity contribution in [1.82, 2.24) is 9.97 Å². The minimum atomic E-state index is -0.499. The molecule has 53 heavy (non-hydrogen) atoms. The van der Waals surface area contributed by atoms with Crippen LogP contribution in [0.1, 0.15) is 48.9 Å². The predicted molar refractivity (Wildman–Crippen MR) is 222 cm³/mol. The van der Waals surface area contributed by atoms with Gasteiger partial charge in [-0.25, -0.2) is 9.97 Å². The summed E-state index contributed by atoms with van der Waals surface area (Å²) >= 11 is 2.00. The van der Waals surface area contributed by atoms with Crippen LogP contribution in [-0.4, -0.2) is 9.97 Å². The number of para-hydroxylation sites is 1. The van der Waals surface area contributed by atoms with E-state index in [1.165, 1.54) is 54.4 Å². The van der Waals surface area contributed by atoms with Crippen molar-refractivity contribution in [2.45, 2.75) is 43.9 Å². The van der Waals surface area contributed by atoms with Crippen LogP contribution in [0.5, 0.6) is 0 Å². The molecule has 3 atom stereocenters. The van der Waals surface area contributed by atoms with Crippen LogP contribution in [0.4, 0.5) is 0 Å². The second-order valence-corrected chi connectivity index (χ2v) is 15.9. The normalized spacial score (nSPS) is 26.1. The molecule has 3 unspecified atom stereocenters. The summed E-state index contributed by atoms with van der Waals surface area (Å²) < 4.78 is 0. The lowest BCUT2D eigenvalue weighted by molar-refractivity contribution is 0.629. The molecule has 0 fully saturated rings. The number of allylic oxidation sites excluding steroid dienone is 21. The molecule has 2 heterocycles. The van der Waals surface area contributed by atoms with Crippen molar-refractivity contribution in [2.75, 3.05) is 0 Å². The highest BCUT2D eigenvalue weighted by atomic mass is 32.2. The van der Waals surface area contributed by atoms with E-state index in [0.717, 1.165) is 53.7 Å². The van der Waals surface area contributed by atoms with Gasteiger partial charge in [0.2, 0.25) is 0 Å². The summed E-state index contributed by atoms with van der Waals surface area (Å²) in [5.41, 5.74) is 13.9. The SMILES string of the molecule is CC1/C=C\C=C/CC2=C(/C=C\1)C1(C3=CC=C4C=CC=CC(=C3S2)C4)C2=C(Cc3ccccc31)C(c1nc(-c3ccccc3)nc3ccccc13)CC=C2. The fraction of sp³-hybridized carbons (Fsp3) is 0.160. The number of aromatic nitrogens is 2. The Kier molecular flexibility index (Phi) is 7.99. The summed E-state index contributed by atoms with van der Waals surface area (Å²) in [6, 6.07) is 28.4. The van der Waals surface area contributed by atoms with E-state index < -0.39 is 5.41 Å². The molecule has 2 nitrogen and oxygen atoms in total. The molecule has 5 aliphatic carbocycles. The average Bonchev–Trinajstić information content (AvgIpc) is 3.55. The maximum atomic E-state index is 5.49. The highest BCUT2D eigenvalue weighted by Gasteiger charge is 2.52. The Hall–Kier alpha value is -5.51. The van der Waals surface area contributed by atoms with Gasteiger partial charge in [-0.3, -0.25) is 0 Å². The molecule has 3 heteroatoms. The lowest BCUT2D eigenvalue weighted by atomic mass is 9.55. The highest BCUT2D eigenvalue weighted by molar-refractivity contribution is 8.07. The maximum absolute atomic E-state index is 5.49. The van der Waals surface area contributed by atoms with Crippen LogP contribution in [0.15, 0.2) is 207 Å². The molecule has 1 aliphatic heterocycles. The lowest BCUT2D eigenvalue weighted by Crippen LogP contribution is -2.41. The van der Waals surface area contributed by atoms with E-state index in [1.807, 2.05) is 11.8 Å². The summed E-state index contributed by atoms with van der Waals surface area (Å²) in [6.45, 7) is 2.29. The Bertz CT molecular complexity index is 2540. The summed E-state index contributed by atoms with van der Waals surface area (Å²) in [7, 11) is 0. The van der Waals surface area contributed by atoms with Gasteiger partial charge in [-0.05, 0) is 81.6 Å². The van der Waals surface area contributed by atoms with Crippen LogP contribution >= 0.6 is 11.8 Å². The van der Waals surface area contributed by atoms with Crippen molar-refractivity contribution in [2.24, 2.45) is 5.92 Å². The van der Waals surface area contributed by atoms with E-state index in [-0.39, 0.29) is 5.92 Å². The van der Waals surface area contributed by atoms with Gasteiger partial charge in [0.05, 0.1) is 16.6 Å². The van der Waals surface area contributed by atoms with Gasteiger partial charge in [-0.2, -0.15) is 0 Å². The number of hydrogen-bond acceptors (Lipinski definition) is 3. The van der Waals surface area contributed by atoms with Gasteiger partial charge >= 0.3 is 0 Å². The molecule has 0 radical (unpaired) electrons. The highest BCUT2D eigenvalue weighted by Crippen LogP contribution is 2.64. The lowest BCUT2D eigenvalue weighted by Gasteiger charge is -2.50. The third kappa shape index (κ3) is 5.32. The van der Waals surface area contributed by atoms with Crippen molar-refractivity contribution in [3.63, 3.8) is 0 Å². The van der Waals surface area contributed by atoms with Crippen LogP contribution in [0.3, 0.4) is 0 Å². The zero-order valence-corrected chi connectivity index (χ0v) is 30.7. The first-order valence-electron chi connectivity index (χ1n) is 18.9. The van der Waals surface area contributed by atoms with Crippen LogP contribution in [0.25, 0.3) is 22.3 Å². The maximum Gasteiger partial charge on any atom is 0.160 e. The summed E-state index contributed by atoms with van der Waals surface area (Å²) in [5, 5.41) is 1.14. The summed E-state index contributed by atoms with van der Waals surface area (Å²) in [4.78, 5) is 13.4. The van der Waals surface area contributed by atoms with Gasteiger partial charge in [0.25, 0.3) is 0 Å². The number of benzene rings is 3. The quantitative estimate of drug-likeness (QED) is 0.208. The number of nitrogens with zero attached hydrogens (tertiary/aromatic N) is 2. The Morgan fingerprint density at radius 3 is 2.51 bits per heavy atom. The molecule has 0 saturated heterocycles. The number of thioether (sulfide) groups is 1. The van der Waals surface area contributed by atoms with E-state index in [0.29, 0.717) is 5.92 Å². The van der Waals surface area contributed by atoms with Gasteiger partial charge in [0, 0.05) is 21.8 Å². The Morgan fingerprint density at radius 1 is 0.717 bits per heavy atom. The molecular weight excluding hydrogens is 661 g/mol. The molecule has 0 amide bonds. The molecule has 3 aromatic carbocycles. The average molecular weight is 701 g/mol. The molecule has 256 valence electrons. The fourth-order valence-electron chi connectivity index (χ4n) is 9.20. The molecule has 1 spiro atoms. The number of fused-ring (bicyclic) bond motifs is 9. The second kappa shape index (κ2) is 13.2. The minimum absolute atomic E-state index is 0.102. The molecule has 4 aromatic rings. The van der Waals surface area contributed by atoms with Crippen molar-refractivity contribution in [3.8, 4) is 11.4 Å². The first-order chi connectivity index (χ1) is 26.2. The smallest absolute Gasteiger partial charge is 0.160 e. The van der Waals surface area contributed by atoms with Crippen molar-refractivity contribution >= 4 is 22.7 Å². The second-order valence-electron chi connectivity index (χ2n) is 14.8. The third-order valence-electron chi connectivity index (χ3n) is 11.6. The van der Waals surface area contributed by atoms with E-state index in [2.05, 4.69) is 171 Å². The van der Waals surface area contributed by atoms with Crippen LogP contribution in [-0.2, 0) is 11.8 Å². The van der Waals surface area contributed by atoms with Crippen molar-refractivity contribution in [1.29, 1.82) is 0 Å². The number of hydrogen-bond donors (Lipinski definition) is 0. The zero-order valence-electron chi connectivity index (χ0n) is 29.9. The van der Waals surface area contributed by atoms with E-state index >= 15 is 0 Å². The third-order valence-corrected chi connectivity index (χ3v) is 12.9. The topological polar surface area (TPSA) is 25.8 Å². The van der Waals surface area contributed by atoms with E-state index in [9.17, 15) is 0 Å². The Balaban J connectivity index is 1.30. The van der Waals surface area contributed by atoms with E-state index in [1.54, 1.807) is 0 Å². The number of rotatable bonds is 2. The molecule has 0 N–H and O–H groups in total. The van der Waals surface area contributed by atoms with Gasteiger partial charge in [-0.15, -0.1) is 0 Å². The monoisotopic (exact) mass is 700 g/mol. The van der Waals surface area contributed by atoms with Gasteiger partial charge in [0.15, 0.2) is 5.82 Å². The van der Waals surface area contributed by atoms with Crippen molar-refractivity contribution < 1.29 is 0 Å². The fourth-order valence-corrected chi connectivity index (χ4v) is 10.6. The molecule has 2 bridgehead atoms. The predicted octanol–water partition coefficient (Wildman–Crippen LogP) is 12.5. The molecule has 0 saturated carbocycles. The first kappa shape index (κ1) is 32.2.